The number of hydrogen-bond acceptors (Lipinski definition) is 2. The zero-order chi connectivity index (χ0) is 9.54. The molecule has 0 aromatic carbocycles. The maximum absolute atomic E-state index is 11.4. The van der Waals surface area contributed by atoms with E-state index in [-0.39, 0.29) is 6.10 Å². The first kappa shape index (κ1) is 8.18. The Morgan fingerprint density at radius 3 is 3.21 bits per heavy atom. The molecule has 3 rings (SSSR count). The van der Waals surface area contributed by atoms with E-state index in [1.165, 1.54) is 11.1 Å². The van der Waals surface area contributed by atoms with Crippen molar-refractivity contribution in [1.29, 1.82) is 0 Å². The first-order valence-electron chi connectivity index (χ1n) is 5.06. The lowest BCUT2D eigenvalue weighted by Crippen LogP contribution is -2.26. The highest BCUT2D eigenvalue weighted by Crippen LogP contribution is 2.38. The van der Waals surface area contributed by atoms with Crippen LogP contribution in [0.3, 0.4) is 0 Å². The Morgan fingerprint density at radius 1 is 1.36 bits per heavy atom. The summed E-state index contributed by atoms with van der Waals surface area (Å²) in [6.07, 6.45) is 9.61. The molecular weight excluding hydrogens is 176 g/mol. The summed E-state index contributed by atoms with van der Waals surface area (Å²) >= 11 is 0. The zero-order valence-electron chi connectivity index (χ0n) is 7.90. The summed E-state index contributed by atoms with van der Waals surface area (Å²) in [5.41, 5.74) is 2.56. The number of fused-ring (bicyclic) bond motifs is 2. The van der Waals surface area contributed by atoms with Gasteiger partial charge in [-0.05, 0) is 5.57 Å². The van der Waals surface area contributed by atoms with Gasteiger partial charge in [0, 0.05) is 18.8 Å². The van der Waals surface area contributed by atoms with Gasteiger partial charge in [-0.1, -0.05) is 29.9 Å². The Morgan fingerprint density at radius 2 is 2.29 bits per heavy atom. The van der Waals surface area contributed by atoms with Crippen LogP contribution in [-0.2, 0) is 9.53 Å². The van der Waals surface area contributed by atoms with Crippen molar-refractivity contribution in [3.8, 4) is 0 Å². The maximum Gasteiger partial charge on any atom is 0.137 e. The van der Waals surface area contributed by atoms with Gasteiger partial charge in [-0.15, -0.1) is 0 Å². The topological polar surface area (TPSA) is 26.3 Å². The number of carbonyl (C=O) groups excluding carboxylic acids is 1. The normalized spacial score (nSPS) is 34.7. The molecule has 2 unspecified atom stereocenters. The van der Waals surface area contributed by atoms with Crippen LogP contribution in [0, 0.1) is 5.92 Å². The molecular formula is C12H12O2. The first-order valence-corrected chi connectivity index (χ1v) is 5.06. The molecule has 14 heavy (non-hydrogen) atoms. The van der Waals surface area contributed by atoms with E-state index in [0.29, 0.717) is 31.1 Å². The lowest BCUT2D eigenvalue weighted by Gasteiger charge is -2.29. The molecule has 0 bridgehead atoms. The van der Waals surface area contributed by atoms with Crippen LogP contribution < -0.4 is 0 Å². The van der Waals surface area contributed by atoms with Crippen molar-refractivity contribution in [3.05, 3.63) is 35.5 Å². The minimum absolute atomic E-state index is 0.108. The van der Waals surface area contributed by atoms with E-state index in [1.807, 2.05) is 12.2 Å². The number of Topliss-reactive ketones (excluding diaryl/α,β-unsaturated/α-hetero) is 1. The minimum Gasteiger partial charge on any atom is -0.369 e. The SMILES string of the molecule is O=C1CC2=C3C=CC=CC3OCC2C1. The lowest BCUT2D eigenvalue weighted by atomic mass is 9.90. The molecule has 0 N–H and O–H groups in total. The number of ketones is 1. The van der Waals surface area contributed by atoms with Crippen LogP contribution in [0.25, 0.3) is 0 Å². The van der Waals surface area contributed by atoms with Gasteiger partial charge in [0.2, 0.25) is 0 Å². The molecule has 0 saturated heterocycles. The number of ether oxygens (including phenoxy) is 1. The Kier molecular flexibility index (Phi) is 1.71. The fourth-order valence-corrected chi connectivity index (χ4v) is 2.50. The summed E-state index contributed by atoms with van der Waals surface area (Å²) in [5, 5.41) is 0. The van der Waals surface area contributed by atoms with Crippen LogP contribution in [0.2, 0.25) is 0 Å². The summed E-state index contributed by atoms with van der Waals surface area (Å²) < 4.78 is 5.70. The minimum atomic E-state index is 0.108. The molecule has 2 nitrogen and oxygen atoms in total. The van der Waals surface area contributed by atoms with Gasteiger partial charge in [0.15, 0.2) is 0 Å². The molecule has 1 saturated carbocycles. The highest BCUT2D eigenvalue weighted by atomic mass is 16.5. The monoisotopic (exact) mass is 188 g/mol. The molecule has 0 radical (unpaired) electrons. The second-order valence-electron chi connectivity index (χ2n) is 4.10. The molecule has 72 valence electrons. The quantitative estimate of drug-likeness (QED) is 0.579. The van der Waals surface area contributed by atoms with Crippen LogP contribution in [0.5, 0.6) is 0 Å². The van der Waals surface area contributed by atoms with E-state index in [2.05, 4.69) is 12.2 Å². The van der Waals surface area contributed by atoms with Gasteiger partial charge in [0.25, 0.3) is 0 Å². The molecule has 0 aromatic rings. The van der Waals surface area contributed by atoms with Gasteiger partial charge in [0.1, 0.15) is 11.9 Å². The van der Waals surface area contributed by atoms with Crippen molar-refractivity contribution in [2.24, 2.45) is 5.92 Å². The molecule has 0 aromatic heterocycles. The Hall–Kier alpha value is -1.15. The molecule has 0 amide bonds. The average molecular weight is 188 g/mol. The van der Waals surface area contributed by atoms with Gasteiger partial charge < -0.3 is 4.74 Å². The number of carbonyl (C=O) groups is 1. The molecule has 2 heteroatoms. The predicted octanol–water partition coefficient (Wildman–Crippen LogP) is 1.79. The van der Waals surface area contributed by atoms with Gasteiger partial charge in [-0.25, -0.2) is 0 Å². The Bertz CT molecular complexity index is 374. The van der Waals surface area contributed by atoms with E-state index in [0.717, 1.165) is 0 Å². The summed E-state index contributed by atoms with van der Waals surface area (Å²) in [7, 11) is 0. The van der Waals surface area contributed by atoms with Crippen LogP contribution in [0.1, 0.15) is 12.8 Å². The Labute approximate surface area is 82.9 Å². The van der Waals surface area contributed by atoms with Crippen LogP contribution >= 0.6 is 0 Å². The molecule has 1 heterocycles. The van der Waals surface area contributed by atoms with E-state index < -0.39 is 0 Å². The van der Waals surface area contributed by atoms with E-state index in [1.54, 1.807) is 0 Å². The van der Waals surface area contributed by atoms with Crippen molar-refractivity contribution >= 4 is 5.78 Å². The lowest BCUT2D eigenvalue weighted by molar-refractivity contribution is -0.117. The molecule has 1 aliphatic heterocycles. The van der Waals surface area contributed by atoms with Gasteiger partial charge in [-0.3, -0.25) is 4.79 Å². The predicted molar refractivity (Wildman–Crippen MR) is 52.8 cm³/mol. The van der Waals surface area contributed by atoms with Crippen LogP contribution in [-0.4, -0.2) is 18.5 Å². The van der Waals surface area contributed by atoms with Crippen LogP contribution in [0.15, 0.2) is 35.5 Å². The summed E-state index contributed by atoms with van der Waals surface area (Å²) in [6, 6.07) is 0. The van der Waals surface area contributed by atoms with Crippen molar-refractivity contribution in [1.82, 2.24) is 0 Å². The zero-order valence-corrected chi connectivity index (χ0v) is 7.90. The molecule has 2 aliphatic carbocycles. The first-order chi connectivity index (χ1) is 6.84. The van der Waals surface area contributed by atoms with Crippen molar-refractivity contribution < 1.29 is 9.53 Å². The Balaban J connectivity index is 2.06. The molecule has 2 atom stereocenters. The van der Waals surface area contributed by atoms with E-state index in [4.69, 9.17) is 4.74 Å². The smallest absolute Gasteiger partial charge is 0.137 e. The fourth-order valence-electron chi connectivity index (χ4n) is 2.50. The number of hydrogen-bond donors (Lipinski definition) is 0. The van der Waals surface area contributed by atoms with E-state index in [9.17, 15) is 4.79 Å². The second kappa shape index (κ2) is 2.92. The van der Waals surface area contributed by atoms with Crippen molar-refractivity contribution in [2.45, 2.75) is 18.9 Å². The summed E-state index contributed by atoms with van der Waals surface area (Å²) in [4.78, 5) is 11.4. The molecule has 3 aliphatic rings. The molecule has 1 fully saturated rings. The second-order valence-corrected chi connectivity index (χ2v) is 4.10. The van der Waals surface area contributed by atoms with Gasteiger partial charge >= 0.3 is 0 Å². The fraction of sp³-hybridized carbons (Fsp3) is 0.417. The third kappa shape index (κ3) is 1.11. The van der Waals surface area contributed by atoms with Crippen molar-refractivity contribution in [3.63, 3.8) is 0 Å². The van der Waals surface area contributed by atoms with Gasteiger partial charge in [-0.2, -0.15) is 0 Å². The number of rotatable bonds is 0. The van der Waals surface area contributed by atoms with Crippen LogP contribution in [0.4, 0.5) is 0 Å². The average Bonchev–Trinajstić information content (AvgIpc) is 2.59. The highest BCUT2D eigenvalue weighted by molar-refractivity contribution is 5.85. The van der Waals surface area contributed by atoms with E-state index >= 15 is 0 Å². The standard InChI is InChI=1S/C12H12O2/c13-9-5-8-7-14-12-4-2-1-3-10(12)11(8)6-9/h1-4,8,12H,5-7H2. The summed E-state index contributed by atoms with van der Waals surface area (Å²) in [6.45, 7) is 0.716. The summed E-state index contributed by atoms with van der Waals surface area (Å²) in [5.74, 6) is 0.731. The third-order valence-corrected chi connectivity index (χ3v) is 3.18. The van der Waals surface area contributed by atoms with Gasteiger partial charge in [0.05, 0.1) is 6.61 Å². The highest BCUT2D eigenvalue weighted by Gasteiger charge is 2.35. The third-order valence-electron chi connectivity index (χ3n) is 3.18. The molecule has 0 spiro atoms. The number of allylic oxidation sites excluding steroid dienone is 2. The largest absolute Gasteiger partial charge is 0.369 e. The maximum atomic E-state index is 11.4. The van der Waals surface area contributed by atoms with Crippen molar-refractivity contribution in [2.75, 3.05) is 6.61 Å².